The number of Topliss-reactive ketones (excluding diaryl/α,β-unsaturated/α-hetero) is 1. The second-order valence-electron chi connectivity index (χ2n) is 8.78. The van der Waals surface area contributed by atoms with E-state index in [0.717, 1.165) is 48.9 Å². The second kappa shape index (κ2) is 12.8. The summed E-state index contributed by atoms with van der Waals surface area (Å²) in [5.74, 6) is 0.266. The van der Waals surface area contributed by atoms with Gasteiger partial charge in [0.15, 0.2) is 0 Å². The number of unbranched alkanes of at least 4 members (excludes halogenated alkanes) is 1. The normalized spacial score (nSPS) is 12.6. The standard InChI is InChI=1S/C30H31NO.CH5N/c1-22-13-15-24(16-14-22)19-25-17-18-29-28(20-25)21-27(12-8-7-9-23(2)32)30(31-29)26-10-5-3-4-6-11-26;1-2/h3,5-6,10-11,13-18,20-21H,4,7-9,12,19H2,1-2H3;2H2,1H3. The Bertz CT molecular complexity index is 1200. The first-order chi connectivity index (χ1) is 16.6. The number of nitrogens with two attached hydrogens (primary N) is 1. The average molecular weight is 453 g/mol. The van der Waals surface area contributed by atoms with Crippen LogP contribution in [0.3, 0.4) is 0 Å². The molecule has 2 aromatic carbocycles. The van der Waals surface area contributed by atoms with Gasteiger partial charge in [-0.3, -0.25) is 0 Å². The summed E-state index contributed by atoms with van der Waals surface area (Å²) in [6, 6.07) is 17.7. The van der Waals surface area contributed by atoms with Crippen LogP contribution < -0.4 is 5.73 Å². The molecule has 0 saturated heterocycles. The van der Waals surface area contributed by atoms with Gasteiger partial charge in [-0.2, -0.15) is 0 Å². The van der Waals surface area contributed by atoms with Gasteiger partial charge in [0.2, 0.25) is 0 Å². The number of pyridine rings is 1. The predicted molar refractivity (Wildman–Crippen MR) is 145 cm³/mol. The maximum atomic E-state index is 11.4. The molecule has 0 atom stereocenters. The quantitative estimate of drug-likeness (QED) is 0.378. The van der Waals surface area contributed by atoms with Crippen molar-refractivity contribution >= 4 is 22.3 Å². The molecule has 176 valence electrons. The zero-order valence-corrected chi connectivity index (χ0v) is 20.7. The molecule has 0 radical (unpaired) electrons. The van der Waals surface area contributed by atoms with Crippen LogP contribution in [0.1, 0.15) is 60.6 Å². The van der Waals surface area contributed by atoms with Gasteiger partial charge >= 0.3 is 0 Å². The average Bonchev–Trinajstić information content (AvgIpc) is 3.13. The summed E-state index contributed by atoms with van der Waals surface area (Å²) in [6.45, 7) is 3.79. The molecule has 0 saturated carbocycles. The van der Waals surface area contributed by atoms with Crippen molar-refractivity contribution in [2.45, 2.75) is 52.4 Å². The first-order valence-corrected chi connectivity index (χ1v) is 12.2. The van der Waals surface area contributed by atoms with Crippen LogP contribution >= 0.6 is 0 Å². The van der Waals surface area contributed by atoms with E-state index in [1.807, 2.05) is 0 Å². The fraction of sp³-hybridized carbons (Fsp3) is 0.290. The Morgan fingerprint density at radius 1 is 0.971 bits per heavy atom. The minimum Gasteiger partial charge on any atom is -0.333 e. The molecule has 1 aliphatic rings. The molecule has 4 rings (SSSR count). The number of carbonyl (C=O) groups is 1. The van der Waals surface area contributed by atoms with Gasteiger partial charge in [-0.25, -0.2) is 4.98 Å². The van der Waals surface area contributed by atoms with Crippen LogP contribution in [0.4, 0.5) is 0 Å². The molecular formula is C31H36N2O. The number of aromatic nitrogens is 1. The number of hydrogen-bond donors (Lipinski definition) is 1. The van der Waals surface area contributed by atoms with Crippen LogP contribution in [-0.2, 0) is 17.6 Å². The Morgan fingerprint density at radius 3 is 2.50 bits per heavy atom. The molecule has 0 aliphatic heterocycles. The Hall–Kier alpha value is -3.30. The van der Waals surface area contributed by atoms with Crippen molar-refractivity contribution < 1.29 is 4.79 Å². The fourth-order valence-corrected chi connectivity index (χ4v) is 4.19. The zero-order chi connectivity index (χ0) is 24.3. The molecule has 2 N–H and O–H groups in total. The topological polar surface area (TPSA) is 56.0 Å². The van der Waals surface area contributed by atoms with E-state index in [-0.39, 0.29) is 5.78 Å². The SMILES string of the molecule is CC(=O)CCCCc1cc2cc(Cc3ccc(C)cc3)ccc2nc1C1=CC=CCC=C1.CN. The molecule has 0 amide bonds. The van der Waals surface area contributed by atoms with Gasteiger partial charge in [0.25, 0.3) is 0 Å². The van der Waals surface area contributed by atoms with Crippen molar-refractivity contribution in [1.82, 2.24) is 4.98 Å². The number of ketones is 1. The van der Waals surface area contributed by atoms with Crippen LogP contribution in [0.5, 0.6) is 0 Å². The second-order valence-corrected chi connectivity index (χ2v) is 8.78. The Labute approximate surface area is 204 Å². The number of allylic oxidation sites excluding steroid dienone is 6. The van der Waals surface area contributed by atoms with E-state index in [9.17, 15) is 4.79 Å². The zero-order valence-electron chi connectivity index (χ0n) is 20.7. The molecule has 1 aromatic heterocycles. The third-order valence-corrected chi connectivity index (χ3v) is 5.97. The number of nitrogens with zero attached hydrogens (tertiary/aromatic N) is 1. The molecule has 3 aromatic rings. The Morgan fingerprint density at radius 2 is 1.74 bits per heavy atom. The van der Waals surface area contributed by atoms with Crippen molar-refractivity contribution in [2.75, 3.05) is 7.05 Å². The molecule has 0 unspecified atom stereocenters. The fourth-order valence-electron chi connectivity index (χ4n) is 4.19. The van der Waals surface area contributed by atoms with Crippen LogP contribution in [-0.4, -0.2) is 17.8 Å². The van der Waals surface area contributed by atoms with Gasteiger partial charge in [0.05, 0.1) is 11.2 Å². The van der Waals surface area contributed by atoms with E-state index in [2.05, 4.69) is 91.6 Å². The van der Waals surface area contributed by atoms with Gasteiger partial charge in [0, 0.05) is 17.4 Å². The summed E-state index contributed by atoms with van der Waals surface area (Å²) < 4.78 is 0. The highest BCUT2D eigenvalue weighted by atomic mass is 16.1. The number of rotatable bonds is 8. The lowest BCUT2D eigenvalue weighted by molar-refractivity contribution is -0.117. The first kappa shape index (κ1) is 25.3. The van der Waals surface area contributed by atoms with E-state index in [1.165, 1.54) is 34.7 Å². The maximum Gasteiger partial charge on any atom is 0.129 e. The third-order valence-electron chi connectivity index (χ3n) is 5.97. The highest BCUT2D eigenvalue weighted by Gasteiger charge is 2.11. The highest BCUT2D eigenvalue weighted by molar-refractivity contribution is 5.85. The van der Waals surface area contributed by atoms with Crippen LogP contribution in [0.15, 0.2) is 78.9 Å². The molecule has 0 bridgehead atoms. The monoisotopic (exact) mass is 452 g/mol. The van der Waals surface area contributed by atoms with E-state index in [4.69, 9.17) is 4.98 Å². The van der Waals surface area contributed by atoms with Crippen molar-refractivity contribution in [3.8, 4) is 0 Å². The molecule has 0 spiro atoms. The van der Waals surface area contributed by atoms with E-state index in [0.29, 0.717) is 6.42 Å². The Balaban J connectivity index is 0.00000158. The van der Waals surface area contributed by atoms with Crippen molar-refractivity contribution in [1.29, 1.82) is 0 Å². The lowest BCUT2D eigenvalue weighted by Gasteiger charge is -2.13. The minimum atomic E-state index is 0.266. The smallest absolute Gasteiger partial charge is 0.129 e. The first-order valence-electron chi connectivity index (χ1n) is 12.2. The van der Waals surface area contributed by atoms with Crippen LogP contribution in [0.2, 0.25) is 0 Å². The van der Waals surface area contributed by atoms with Crippen LogP contribution in [0, 0.1) is 6.92 Å². The molecule has 1 heterocycles. The van der Waals surface area contributed by atoms with E-state index in [1.54, 1.807) is 6.92 Å². The Kier molecular flexibility index (Phi) is 9.54. The molecule has 1 aliphatic carbocycles. The number of aryl methyl sites for hydroxylation is 2. The molecule has 0 fully saturated rings. The lowest BCUT2D eigenvalue weighted by Crippen LogP contribution is -2.00. The van der Waals surface area contributed by atoms with E-state index < -0.39 is 0 Å². The number of carbonyl (C=O) groups excluding carboxylic acids is 1. The van der Waals surface area contributed by atoms with Gasteiger partial charge in [-0.1, -0.05) is 66.3 Å². The maximum absolute atomic E-state index is 11.4. The number of fused-ring (bicyclic) bond motifs is 1. The largest absolute Gasteiger partial charge is 0.333 e. The van der Waals surface area contributed by atoms with Gasteiger partial charge < -0.3 is 10.5 Å². The number of benzene rings is 2. The highest BCUT2D eigenvalue weighted by Crippen LogP contribution is 2.27. The third kappa shape index (κ3) is 7.10. The van der Waals surface area contributed by atoms with Crippen LogP contribution in [0.25, 0.3) is 16.5 Å². The predicted octanol–water partition coefficient (Wildman–Crippen LogP) is 6.91. The summed E-state index contributed by atoms with van der Waals surface area (Å²) in [4.78, 5) is 16.4. The lowest BCUT2D eigenvalue weighted by atomic mass is 9.96. The summed E-state index contributed by atoms with van der Waals surface area (Å²) in [5.41, 5.74) is 12.9. The molecular weight excluding hydrogens is 416 g/mol. The van der Waals surface area contributed by atoms with Gasteiger partial charge in [-0.15, -0.1) is 0 Å². The molecule has 34 heavy (non-hydrogen) atoms. The summed E-state index contributed by atoms with van der Waals surface area (Å²) in [5, 5.41) is 1.19. The minimum absolute atomic E-state index is 0.266. The van der Waals surface area contributed by atoms with Crippen molar-refractivity contribution in [2.24, 2.45) is 5.73 Å². The summed E-state index contributed by atoms with van der Waals surface area (Å²) in [7, 11) is 1.50. The number of hydrogen-bond acceptors (Lipinski definition) is 3. The van der Waals surface area contributed by atoms with Gasteiger partial charge in [-0.05, 0) is 87.9 Å². The molecule has 3 heteroatoms. The van der Waals surface area contributed by atoms with Gasteiger partial charge in [0.1, 0.15) is 5.78 Å². The van der Waals surface area contributed by atoms with Crippen molar-refractivity contribution in [3.63, 3.8) is 0 Å². The summed E-state index contributed by atoms with van der Waals surface area (Å²) in [6.07, 6.45) is 16.2. The molecule has 3 nitrogen and oxygen atoms in total. The van der Waals surface area contributed by atoms with E-state index >= 15 is 0 Å². The van der Waals surface area contributed by atoms with Crippen molar-refractivity contribution in [3.05, 3.63) is 107 Å². The summed E-state index contributed by atoms with van der Waals surface area (Å²) >= 11 is 0.